The number of benzene rings is 3. The third-order valence-electron chi connectivity index (χ3n) is 6.64. The minimum Gasteiger partial charge on any atom is -0.497 e. The van der Waals surface area contributed by atoms with Crippen LogP contribution in [0.5, 0.6) is 5.75 Å². The number of amides is 2. The summed E-state index contributed by atoms with van der Waals surface area (Å²) in [7, 11) is 3.47. The first-order chi connectivity index (χ1) is 18.5. The van der Waals surface area contributed by atoms with Crippen molar-refractivity contribution in [2.75, 3.05) is 20.7 Å². The third-order valence-corrected chi connectivity index (χ3v) is 6.64. The van der Waals surface area contributed by atoms with Crippen LogP contribution in [0.4, 0.5) is 0 Å². The van der Waals surface area contributed by atoms with E-state index in [2.05, 4.69) is 9.88 Å². The van der Waals surface area contributed by atoms with Gasteiger partial charge in [-0.15, -0.1) is 0 Å². The van der Waals surface area contributed by atoms with Gasteiger partial charge in [-0.1, -0.05) is 61.0 Å². The lowest BCUT2D eigenvalue weighted by Crippen LogP contribution is -2.30. The first kappa shape index (κ1) is 26.9. The zero-order valence-corrected chi connectivity index (χ0v) is 22.2. The van der Waals surface area contributed by atoms with Crippen molar-refractivity contribution in [2.24, 2.45) is 0 Å². The topological polar surface area (TPSA) is 76.5 Å². The van der Waals surface area contributed by atoms with Gasteiger partial charge in [-0.25, -0.2) is 4.98 Å². The summed E-state index contributed by atoms with van der Waals surface area (Å²) < 4.78 is 7.21. The maximum atomic E-state index is 13.1. The molecule has 0 saturated heterocycles. The summed E-state index contributed by atoms with van der Waals surface area (Å²) in [5.41, 5.74) is 3.96. The molecule has 1 heterocycles. The van der Waals surface area contributed by atoms with Crippen molar-refractivity contribution in [3.63, 3.8) is 0 Å². The number of unbranched alkanes of at least 4 members (excludes halogenated alkanes) is 2. The van der Waals surface area contributed by atoms with Crippen LogP contribution < -0.4 is 10.1 Å². The average molecular weight is 513 g/mol. The number of likely N-dealkylation sites (N-methyl/N-ethyl adjacent to an activating group) is 1. The molecule has 198 valence electrons. The van der Waals surface area contributed by atoms with E-state index in [4.69, 9.17) is 9.72 Å². The Balaban J connectivity index is 1.26. The van der Waals surface area contributed by atoms with Crippen LogP contribution in [0.1, 0.15) is 36.2 Å². The van der Waals surface area contributed by atoms with Crippen molar-refractivity contribution in [3.05, 3.63) is 95.8 Å². The van der Waals surface area contributed by atoms with E-state index in [9.17, 15) is 9.59 Å². The van der Waals surface area contributed by atoms with Crippen molar-refractivity contribution in [3.8, 4) is 5.75 Å². The second kappa shape index (κ2) is 13.4. The molecule has 0 spiro atoms. The van der Waals surface area contributed by atoms with Crippen LogP contribution in [-0.2, 0) is 35.5 Å². The summed E-state index contributed by atoms with van der Waals surface area (Å²) in [5.74, 6) is 1.79. The van der Waals surface area contributed by atoms with Gasteiger partial charge in [-0.3, -0.25) is 9.59 Å². The lowest BCUT2D eigenvalue weighted by Gasteiger charge is -2.19. The number of aryl methyl sites for hydroxylation is 1. The molecule has 3 aromatic carbocycles. The van der Waals surface area contributed by atoms with E-state index in [0.717, 1.165) is 59.4 Å². The summed E-state index contributed by atoms with van der Waals surface area (Å²) in [4.78, 5) is 31.9. The molecule has 0 aliphatic rings. The molecule has 38 heavy (non-hydrogen) atoms. The summed E-state index contributed by atoms with van der Waals surface area (Å²) in [6.07, 6.45) is 3.94. The molecule has 1 N–H and O–H groups in total. The summed E-state index contributed by atoms with van der Waals surface area (Å²) in [6.45, 7) is 1.49. The molecule has 0 fully saturated rings. The van der Waals surface area contributed by atoms with E-state index in [1.165, 1.54) is 0 Å². The van der Waals surface area contributed by atoms with Gasteiger partial charge in [0, 0.05) is 26.6 Å². The smallest absolute Gasteiger partial charge is 0.242 e. The normalized spacial score (nSPS) is 10.9. The number of nitrogens with one attached hydrogen (secondary N) is 1. The largest absolute Gasteiger partial charge is 0.497 e. The Labute approximate surface area is 224 Å². The molecule has 0 unspecified atom stereocenters. The number of hydrogen-bond acceptors (Lipinski definition) is 4. The van der Waals surface area contributed by atoms with Crippen LogP contribution in [0.3, 0.4) is 0 Å². The van der Waals surface area contributed by atoms with E-state index in [-0.39, 0.29) is 18.4 Å². The Morgan fingerprint density at radius 2 is 1.63 bits per heavy atom. The molecule has 7 nitrogen and oxygen atoms in total. The Hall–Kier alpha value is -4.13. The minimum atomic E-state index is 0.0232. The monoisotopic (exact) mass is 512 g/mol. The van der Waals surface area contributed by atoms with Gasteiger partial charge in [0.2, 0.25) is 11.8 Å². The molecule has 2 amide bonds. The molecule has 0 bridgehead atoms. The van der Waals surface area contributed by atoms with Crippen molar-refractivity contribution >= 4 is 22.8 Å². The van der Waals surface area contributed by atoms with Gasteiger partial charge >= 0.3 is 0 Å². The Bertz CT molecular complexity index is 1330. The van der Waals surface area contributed by atoms with E-state index in [1.807, 2.05) is 85.9 Å². The Morgan fingerprint density at radius 1 is 0.895 bits per heavy atom. The van der Waals surface area contributed by atoms with Gasteiger partial charge in [-0.2, -0.15) is 0 Å². The van der Waals surface area contributed by atoms with Crippen molar-refractivity contribution in [1.29, 1.82) is 0 Å². The highest BCUT2D eigenvalue weighted by molar-refractivity contribution is 5.81. The number of fused-ring (bicyclic) bond motifs is 1. The zero-order valence-electron chi connectivity index (χ0n) is 22.2. The number of carbonyl (C=O) groups is 2. The van der Waals surface area contributed by atoms with E-state index in [0.29, 0.717) is 19.5 Å². The predicted octanol–water partition coefficient (Wildman–Crippen LogP) is 4.78. The molecule has 1 aromatic heterocycles. The highest BCUT2D eigenvalue weighted by atomic mass is 16.5. The van der Waals surface area contributed by atoms with E-state index >= 15 is 0 Å². The summed E-state index contributed by atoms with van der Waals surface area (Å²) in [5, 5.41) is 3.01. The number of hydrogen-bond donors (Lipinski definition) is 1. The maximum absolute atomic E-state index is 13.1. The molecule has 0 aliphatic heterocycles. The molecule has 0 aliphatic carbocycles. The Kier molecular flexibility index (Phi) is 9.51. The molecule has 4 aromatic rings. The minimum absolute atomic E-state index is 0.0232. The van der Waals surface area contributed by atoms with Crippen LogP contribution in [0, 0.1) is 0 Å². The van der Waals surface area contributed by atoms with Crippen LogP contribution >= 0.6 is 0 Å². The SMILES string of the molecule is COc1ccc(CC(=O)NCCCCCc2nc3ccccc3n2CC(=O)N(C)Cc2ccccc2)cc1. The van der Waals surface area contributed by atoms with Crippen LogP contribution in [-0.4, -0.2) is 47.0 Å². The second-order valence-corrected chi connectivity index (χ2v) is 9.52. The second-order valence-electron chi connectivity index (χ2n) is 9.52. The highest BCUT2D eigenvalue weighted by Gasteiger charge is 2.16. The molecule has 4 rings (SSSR count). The average Bonchev–Trinajstić information content (AvgIpc) is 3.28. The number of rotatable bonds is 13. The van der Waals surface area contributed by atoms with Gasteiger partial charge in [0.05, 0.1) is 24.6 Å². The molecular formula is C31H36N4O3. The summed E-state index contributed by atoms with van der Waals surface area (Å²) >= 11 is 0. The van der Waals surface area contributed by atoms with Gasteiger partial charge in [0.25, 0.3) is 0 Å². The maximum Gasteiger partial charge on any atom is 0.242 e. The first-order valence-corrected chi connectivity index (χ1v) is 13.1. The number of imidazole rings is 1. The van der Waals surface area contributed by atoms with E-state index in [1.54, 1.807) is 12.0 Å². The Morgan fingerprint density at radius 3 is 2.39 bits per heavy atom. The third kappa shape index (κ3) is 7.44. The molecule has 7 heteroatoms. The van der Waals surface area contributed by atoms with Crippen LogP contribution in [0.25, 0.3) is 11.0 Å². The fourth-order valence-electron chi connectivity index (χ4n) is 4.50. The number of carbonyl (C=O) groups excluding carboxylic acids is 2. The van der Waals surface area contributed by atoms with E-state index < -0.39 is 0 Å². The quantitative estimate of drug-likeness (QED) is 0.262. The first-order valence-electron chi connectivity index (χ1n) is 13.1. The lowest BCUT2D eigenvalue weighted by atomic mass is 10.1. The number of ether oxygens (including phenoxy) is 1. The standard InChI is InChI=1S/C31H36N4O3/c1-34(22-25-11-5-3-6-12-25)31(37)23-35-28-14-9-8-13-27(28)33-29(35)15-7-4-10-20-32-30(36)21-24-16-18-26(38-2)19-17-24/h3,5-6,8-9,11-14,16-19H,4,7,10,15,20-23H2,1-2H3,(H,32,36). The van der Waals surface area contributed by atoms with Crippen molar-refractivity contribution in [2.45, 2.75) is 45.2 Å². The number of para-hydroxylation sites is 2. The fourth-order valence-corrected chi connectivity index (χ4v) is 4.50. The van der Waals surface area contributed by atoms with Crippen molar-refractivity contribution < 1.29 is 14.3 Å². The molecular weight excluding hydrogens is 476 g/mol. The molecule has 0 atom stereocenters. The molecule has 0 saturated carbocycles. The number of nitrogens with zero attached hydrogens (tertiary/aromatic N) is 3. The van der Waals surface area contributed by atoms with Crippen LogP contribution in [0.2, 0.25) is 0 Å². The van der Waals surface area contributed by atoms with Crippen molar-refractivity contribution in [1.82, 2.24) is 19.8 Å². The highest BCUT2D eigenvalue weighted by Crippen LogP contribution is 2.19. The van der Waals surface area contributed by atoms with Gasteiger partial charge in [0.15, 0.2) is 0 Å². The zero-order chi connectivity index (χ0) is 26.7. The fraction of sp³-hybridized carbons (Fsp3) is 0.323. The predicted molar refractivity (Wildman–Crippen MR) is 150 cm³/mol. The molecule has 0 radical (unpaired) electrons. The van der Waals surface area contributed by atoms with Gasteiger partial charge < -0.3 is 19.5 Å². The van der Waals surface area contributed by atoms with Gasteiger partial charge in [-0.05, 0) is 48.2 Å². The summed E-state index contributed by atoms with van der Waals surface area (Å²) in [6, 6.07) is 25.5. The van der Waals surface area contributed by atoms with Crippen LogP contribution in [0.15, 0.2) is 78.9 Å². The lowest BCUT2D eigenvalue weighted by molar-refractivity contribution is -0.131. The van der Waals surface area contributed by atoms with Gasteiger partial charge in [0.1, 0.15) is 18.1 Å². The number of methoxy groups -OCH3 is 1. The number of aromatic nitrogens is 2.